The van der Waals surface area contributed by atoms with Gasteiger partial charge in [-0.2, -0.15) is 4.98 Å². The molecule has 0 radical (unpaired) electrons. The molecule has 5 nitrogen and oxygen atoms in total. The van der Waals surface area contributed by atoms with Crippen molar-refractivity contribution in [3.63, 3.8) is 0 Å². The first-order valence-electron chi connectivity index (χ1n) is 6.09. The lowest BCUT2D eigenvalue weighted by atomic mass is 10.2. The number of nitrogens with zero attached hydrogens (tertiary/aromatic N) is 2. The summed E-state index contributed by atoms with van der Waals surface area (Å²) in [4.78, 5) is 4.18. The highest BCUT2D eigenvalue weighted by molar-refractivity contribution is 5.46. The zero-order valence-electron chi connectivity index (χ0n) is 10.8. The summed E-state index contributed by atoms with van der Waals surface area (Å²) in [5.41, 5.74) is 1.26. The molecule has 3 aromatic rings. The van der Waals surface area contributed by atoms with Crippen molar-refractivity contribution in [1.29, 1.82) is 0 Å². The Morgan fingerprint density at radius 3 is 2.95 bits per heavy atom. The van der Waals surface area contributed by atoms with E-state index < -0.39 is 0 Å². The molecule has 0 atom stereocenters. The van der Waals surface area contributed by atoms with Crippen LogP contribution in [-0.2, 0) is 6.54 Å². The van der Waals surface area contributed by atoms with Gasteiger partial charge in [0.05, 0.1) is 12.8 Å². The van der Waals surface area contributed by atoms with Crippen molar-refractivity contribution in [1.82, 2.24) is 10.1 Å². The topological polar surface area (TPSA) is 64.1 Å². The van der Waals surface area contributed by atoms with Crippen molar-refractivity contribution in [2.24, 2.45) is 0 Å². The van der Waals surface area contributed by atoms with Crippen LogP contribution in [0.15, 0.2) is 45.5 Å². The van der Waals surface area contributed by atoms with Crippen molar-refractivity contribution >= 4 is 5.69 Å². The van der Waals surface area contributed by atoms with Gasteiger partial charge in [-0.1, -0.05) is 11.2 Å². The molecule has 0 saturated carbocycles. The van der Waals surface area contributed by atoms with Crippen LogP contribution in [0.1, 0.15) is 11.5 Å². The summed E-state index contributed by atoms with van der Waals surface area (Å²) in [6.45, 7) is 2.03. The molecule has 1 aromatic carbocycles. The van der Waals surface area contributed by atoms with Gasteiger partial charge in [-0.05, 0) is 36.8 Å². The third kappa shape index (κ3) is 2.54. The molecule has 0 saturated heterocycles. The highest BCUT2D eigenvalue weighted by atomic mass is 19.1. The molecule has 6 heteroatoms. The Morgan fingerprint density at radius 2 is 2.20 bits per heavy atom. The third-order valence-corrected chi connectivity index (χ3v) is 2.83. The molecular formula is C14H12FN3O2. The van der Waals surface area contributed by atoms with Gasteiger partial charge in [0.25, 0.3) is 0 Å². The number of hydrogen-bond donors (Lipinski definition) is 1. The number of rotatable bonds is 4. The van der Waals surface area contributed by atoms with E-state index in [0.717, 1.165) is 0 Å². The van der Waals surface area contributed by atoms with Crippen molar-refractivity contribution in [2.45, 2.75) is 13.5 Å². The van der Waals surface area contributed by atoms with Crippen LogP contribution in [0.2, 0.25) is 0 Å². The average Bonchev–Trinajstić information content (AvgIpc) is 3.09. The second-order valence-corrected chi connectivity index (χ2v) is 4.31. The Balaban J connectivity index is 1.68. The fourth-order valence-electron chi connectivity index (χ4n) is 1.71. The highest BCUT2D eigenvalue weighted by Crippen LogP contribution is 2.17. The first-order chi connectivity index (χ1) is 9.72. The van der Waals surface area contributed by atoms with Crippen molar-refractivity contribution in [2.75, 3.05) is 5.32 Å². The van der Waals surface area contributed by atoms with Crippen LogP contribution >= 0.6 is 0 Å². The highest BCUT2D eigenvalue weighted by Gasteiger charge is 2.10. The van der Waals surface area contributed by atoms with E-state index in [4.69, 9.17) is 8.94 Å². The number of hydrogen-bond acceptors (Lipinski definition) is 5. The van der Waals surface area contributed by atoms with Gasteiger partial charge in [-0.25, -0.2) is 4.39 Å². The summed E-state index contributed by atoms with van der Waals surface area (Å²) in [5, 5.41) is 6.83. The summed E-state index contributed by atoms with van der Waals surface area (Å²) < 4.78 is 23.6. The number of halogens is 1. The summed E-state index contributed by atoms with van der Waals surface area (Å²) >= 11 is 0. The first-order valence-corrected chi connectivity index (χ1v) is 6.09. The molecule has 2 aromatic heterocycles. The van der Waals surface area contributed by atoms with Crippen molar-refractivity contribution in [3.8, 4) is 11.6 Å². The van der Waals surface area contributed by atoms with Gasteiger partial charge in [0.1, 0.15) is 5.82 Å². The lowest BCUT2D eigenvalue weighted by molar-refractivity contribution is 0.382. The Bertz CT molecular complexity index is 707. The standard InChI is InChI=1S/C14H12FN3O2/c1-9-4-5-10(7-11(9)15)16-8-13-17-14(18-20-13)12-3-2-6-19-12/h2-7,16H,8H2,1H3. The molecule has 0 fully saturated rings. The van der Waals surface area contributed by atoms with E-state index in [2.05, 4.69) is 15.5 Å². The SMILES string of the molecule is Cc1ccc(NCc2nc(-c3ccco3)no2)cc1F. The van der Waals surface area contributed by atoms with Gasteiger partial charge in [-0.3, -0.25) is 0 Å². The zero-order valence-corrected chi connectivity index (χ0v) is 10.8. The van der Waals surface area contributed by atoms with E-state index in [1.54, 1.807) is 37.5 Å². The van der Waals surface area contributed by atoms with Crippen LogP contribution in [0.3, 0.4) is 0 Å². The number of nitrogens with one attached hydrogen (secondary N) is 1. The van der Waals surface area contributed by atoms with Gasteiger partial charge in [-0.15, -0.1) is 0 Å². The van der Waals surface area contributed by atoms with E-state index in [1.165, 1.54) is 6.07 Å². The summed E-state index contributed by atoms with van der Waals surface area (Å²) in [5.74, 6) is 1.08. The molecule has 0 unspecified atom stereocenters. The smallest absolute Gasteiger partial charge is 0.246 e. The molecule has 1 N–H and O–H groups in total. The molecule has 3 rings (SSSR count). The molecule has 20 heavy (non-hydrogen) atoms. The van der Waals surface area contributed by atoms with Gasteiger partial charge in [0.15, 0.2) is 5.76 Å². The molecule has 0 bridgehead atoms. The van der Waals surface area contributed by atoms with E-state index in [9.17, 15) is 4.39 Å². The summed E-state index contributed by atoms with van der Waals surface area (Å²) in [6, 6.07) is 8.43. The second-order valence-electron chi connectivity index (χ2n) is 4.31. The van der Waals surface area contributed by atoms with E-state index in [1.807, 2.05) is 0 Å². The maximum Gasteiger partial charge on any atom is 0.246 e. The van der Waals surface area contributed by atoms with E-state index in [-0.39, 0.29) is 5.82 Å². The van der Waals surface area contributed by atoms with Gasteiger partial charge in [0.2, 0.25) is 11.7 Å². The van der Waals surface area contributed by atoms with Gasteiger partial charge in [0, 0.05) is 5.69 Å². The maximum atomic E-state index is 13.4. The van der Waals surface area contributed by atoms with Gasteiger partial charge < -0.3 is 14.3 Å². The van der Waals surface area contributed by atoms with Gasteiger partial charge >= 0.3 is 0 Å². The number of anilines is 1. The molecule has 2 heterocycles. The van der Waals surface area contributed by atoms with Crippen LogP contribution in [0.5, 0.6) is 0 Å². The lowest BCUT2D eigenvalue weighted by Gasteiger charge is -2.04. The Morgan fingerprint density at radius 1 is 1.30 bits per heavy atom. The Kier molecular flexibility index (Phi) is 3.20. The van der Waals surface area contributed by atoms with Crippen molar-refractivity contribution < 1.29 is 13.3 Å². The van der Waals surface area contributed by atoms with Crippen LogP contribution in [-0.4, -0.2) is 10.1 Å². The minimum atomic E-state index is -0.253. The third-order valence-electron chi connectivity index (χ3n) is 2.83. The minimum absolute atomic E-state index is 0.253. The minimum Gasteiger partial charge on any atom is -0.461 e. The van der Waals surface area contributed by atoms with Crippen LogP contribution in [0.4, 0.5) is 10.1 Å². The van der Waals surface area contributed by atoms with Crippen LogP contribution in [0.25, 0.3) is 11.6 Å². The summed E-state index contributed by atoms with van der Waals surface area (Å²) in [6.07, 6.45) is 1.54. The Labute approximate surface area is 114 Å². The summed E-state index contributed by atoms with van der Waals surface area (Å²) in [7, 11) is 0. The molecule has 0 aliphatic carbocycles. The largest absolute Gasteiger partial charge is 0.461 e. The first kappa shape index (κ1) is 12.4. The van der Waals surface area contributed by atoms with Crippen LogP contribution in [0, 0.1) is 12.7 Å². The maximum absolute atomic E-state index is 13.4. The Hall–Kier alpha value is -2.63. The number of furan rings is 1. The molecule has 0 aliphatic heterocycles. The number of aryl methyl sites for hydroxylation is 1. The monoisotopic (exact) mass is 273 g/mol. The molecule has 102 valence electrons. The number of aromatic nitrogens is 2. The predicted octanol–water partition coefficient (Wildman–Crippen LogP) is 3.39. The second kappa shape index (κ2) is 5.16. The fraction of sp³-hybridized carbons (Fsp3) is 0.143. The predicted molar refractivity (Wildman–Crippen MR) is 70.5 cm³/mol. The molecule has 0 spiro atoms. The fourth-order valence-corrected chi connectivity index (χ4v) is 1.71. The normalized spacial score (nSPS) is 10.7. The number of benzene rings is 1. The van der Waals surface area contributed by atoms with E-state index in [0.29, 0.717) is 35.3 Å². The average molecular weight is 273 g/mol. The molecular weight excluding hydrogens is 261 g/mol. The van der Waals surface area contributed by atoms with Crippen molar-refractivity contribution in [3.05, 3.63) is 53.9 Å². The zero-order chi connectivity index (χ0) is 13.9. The van der Waals surface area contributed by atoms with Crippen LogP contribution < -0.4 is 5.32 Å². The quantitative estimate of drug-likeness (QED) is 0.789. The van der Waals surface area contributed by atoms with E-state index >= 15 is 0 Å². The molecule has 0 aliphatic rings. The molecule has 0 amide bonds. The lowest BCUT2D eigenvalue weighted by Crippen LogP contribution is -2.00.